The van der Waals surface area contributed by atoms with E-state index in [1.54, 1.807) is 18.2 Å². The summed E-state index contributed by atoms with van der Waals surface area (Å²) in [5.74, 6) is 0. The summed E-state index contributed by atoms with van der Waals surface area (Å²) in [5.41, 5.74) is 3.25. The van der Waals surface area contributed by atoms with Crippen molar-refractivity contribution in [3.05, 3.63) is 64.2 Å². The van der Waals surface area contributed by atoms with Crippen LogP contribution in [0.4, 0.5) is 5.69 Å². The number of nitrogens with zero attached hydrogens (tertiary/aromatic N) is 1. The first-order chi connectivity index (χ1) is 9.70. The molecule has 0 saturated heterocycles. The van der Waals surface area contributed by atoms with Gasteiger partial charge in [0, 0.05) is 6.42 Å². The molecule has 0 bridgehead atoms. The van der Waals surface area contributed by atoms with Gasteiger partial charge < -0.3 is 10.4 Å². The Morgan fingerprint density at radius 1 is 1.20 bits per heavy atom. The Balaban J connectivity index is 1.99. The topological polar surface area (TPSA) is 56.0 Å². The Bertz CT molecular complexity index is 693. The summed E-state index contributed by atoms with van der Waals surface area (Å²) in [4.78, 5) is 0. The molecule has 0 heterocycles. The Morgan fingerprint density at radius 2 is 2.00 bits per heavy atom. The highest BCUT2D eigenvalue weighted by atomic mass is 35.5. The van der Waals surface area contributed by atoms with Crippen LogP contribution in [-0.2, 0) is 6.42 Å². The summed E-state index contributed by atoms with van der Waals surface area (Å²) in [7, 11) is 0. The third-order valence-corrected chi connectivity index (χ3v) is 3.95. The smallest absolute Gasteiger partial charge is 0.101 e. The lowest BCUT2D eigenvalue weighted by Gasteiger charge is -2.20. The number of hydrogen-bond acceptors (Lipinski definition) is 3. The number of nitrogens with one attached hydrogen (secondary N) is 1. The molecule has 0 aromatic heterocycles. The SMILES string of the molecule is N#Cc1cccc(Cl)c1N[C@H]1c2ccccc2C[C@H]1O. The molecule has 2 N–H and O–H groups in total. The van der Waals surface area contributed by atoms with Gasteiger partial charge in [-0.05, 0) is 23.3 Å². The lowest BCUT2D eigenvalue weighted by molar-refractivity contribution is 0.166. The van der Waals surface area contributed by atoms with E-state index in [4.69, 9.17) is 16.9 Å². The van der Waals surface area contributed by atoms with E-state index >= 15 is 0 Å². The fourth-order valence-electron chi connectivity index (χ4n) is 2.67. The molecule has 2 aromatic rings. The molecule has 1 aliphatic carbocycles. The van der Waals surface area contributed by atoms with Gasteiger partial charge in [0.1, 0.15) is 6.07 Å². The van der Waals surface area contributed by atoms with E-state index in [1.807, 2.05) is 24.3 Å². The monoisotopic (exact) mass is 284 g/mol. The Labute approximate surface area is 122 Å². The third-order valence-electron chi connectivity index (χ3n) is 3.64. The summed E-state index contributed by atoms with van der Waals surface area (Å²) in [6.45, 7) is 0. The summed E-state index contributed by atoms with van der Waals surface area (Å²) >= 11 is 6.17. The molecule has 0 fully saturated rings. The number of hydrogen-bond donors (Lipinski definition) is 2. The maximum Gasteiger partial charge on any atom is 0.101 e. The van der Waals surface area contributed by atoms with Crippen molar-refractivity contribution in [3.8, 4) is 6.07 Å². The zero-order chi connectivity index (χ0) is 14.1. The standard InChI is InChI=1S/C16H13ClN2O/c17-13-7-3-5-11(9-18)15(13)19-16-12-6-2-1-4-10(12)8-14(16)20/h1-7,14,16,19-20H,8H2/t14-,16+/m1/s1. The van der Waals surface area contributed by atoms with Crippen molar-refractivity contribution in [1.82, 2.24) is 0 Å². The quantitative estimate of drug-likeness (QED) is 0.890. The van der Waals surface area contributed by atoms with Crippen molar-refractivity contribution in [3.63, 3.8) is 0 Å². The van der Waals surface area contributed by atoms with E-state index in [-0.39, 0.29) is 6.04 Å². The van der Waals surface area contributed by atoms with Crippen molar-refractivity contribution >= 4 is 17.3 Å². The molecule has 0 radical (unpaired) electrons. The zero-order valence-electron chi connectivity index (χ0n) is 10.7. The summed E-state index contributed by atoms with van der Waals surface area (Å²) in [5, 5.41) is 23.1. The van der Waals surface area contributed by atoms with Crippen LogP contribution >= 0.6 is 11.6 Å². The number of aliphatic hydroxyl groups is 1. The molecule has 2 aromatic carbocycles. The number of para-hydroxylation sites is 1. The van der Waals surface area contributed by atoms with Crippen LogP contribution in [-0.4, -0.2) is 11.2 Å². The van der Waals surface area contributed by atoms with E-state index in [1.165, 1.54) is 0 Å². The lowest BCUT2D eigenvalue weighted by Crippen LogP contribution is -2.21. The number of nitriles is 1. The van der Waals surface area contributed by atoms with Crippen molar-refractivity contribution in [2.45, 2.75) is 18.6 Å². The van der Waals surface area contributed by atoms with E-state index in [0.29, 0.717) is 22.7 Å². The number of anilines is 1. The van der Waals surface area contributed by atoms with Crippen LogP contribution in [0.3, 0.4) is 0 Å². The van der Waals surface area contributed by atoms with E-state index in [9.17, 15) is 5.11 Å². The largest absolute Gasteiger partial charge is 0.390 e. The lowest BCUT2D eigenvalue weighted by atomic mass is 10.1. The highest BCUT2D eigenvalue weighted by Crippen LogP contribution is 2.36. The molecule has 1 aliphatic rings. The molecule has 100 valence electrons. The zero-order valence-corrected chi connectivity index (χ0v) is 11.4. The maximum absolute atomic E-state index is 10.2. The van der Waals surface area contributed by atoms with Crippen LogP contribution in [0.1, 0.15) is 22.7 Å². The predicted molar refractivity (Wildman–Crippen MR) is 78.7 cm³/mol. The minimum absolute atomic E-state index is 0.238. The fourth-order valence-corrected chi connectivity index (χ4v) is 2.90. The number of aliphatic hydroxyl groups excluding tert-OH is 1. The van der Waals surface area contributed by atoms with Crippen molar-refractivity contribution in [2.24, 2.45) is 0 Å². The van der Waals surface area contributed by atoms with Crippen molar-refractivity contribution in [1.29, 1.82) is 5.26 Å². The summed E-state index contributed by atoms with van der Waals surface area (Å²) < 4.78 is 0. The second kappa shape index (κ2) is 5.16. The minimum atomic E-state index is -0.518. The van der Waals surface area contributed by atoms with Crippen LogP contribution in [0, 0.1) is 11.3 Å². The van der Waals surface area contributed by atoms with Crippen LogP contribution in [0.25, 0.3) is 0 Å². The first-order valence-corrected chi connectivity index (χ1v) is 6.79. The van der Waals surface area contributed by atoms with Gasteiger partial charge in [0.25, 0.3) is 0 Å². The average Bonchev–Trinajstić information content (AvgIpc) is 2.77. The minimum Gasteiger partial charge on any atom is -0.390 e. The van der Waals surface area contributed by atoms with Gasteiger partial charge >= 0.3 is 0 Å². The van der Waals surface area contributed by atoms with Crippen molar-refractivity contribution < 1.29 is 5.11 Å². The molecule has 0 amide bonds. The van der Waals surface area contributed by atoms with Gasteiger partial charge in [0.15, 0.2) is 0 Å². The summed E-state index contributed by atoms with van der Waals surface area (Å²) in [6.07, 6.45) is 0.0930. The normalized spacial score (nSPS) is 20.2. The highest BCUT2D eigenvalue weighted by molar-refractivity contribution is 6.33. The van der Waals surface area contributed by atoms with E-state index in [0.717, 1.165) is 11.1 Å². The molecule has 0 saturated carbocycles. The predicted octanol–water partition coefficient (Wildman–Crippen LogP) is 3.28. The van der Waals surface area contributed by atoms with Crippen LogP contribution in [0.2, 0.25) is 5.02 Å². The Morgan fingerprint density at radius 3 is 2.80 bits per heavy atom. The first-order valence-electron chi connectivity index (χ1n) is 6.41. The molecule has 3 nitrogen and oxygen atoms in total. The van der Waals surface area contributed by atoms with Crippen LogP contribution in [0.5, 0.6) is 0 Å². The number of benzene rings is 2. The van der Waals surface area contributed by atoms with Crippen LogP contribution < -0.4 is 5.32 Å². The summed E-state index contributed by atoms with van der Waals surface area (Å²) in [6, 6.07) is 15.0. The van der Waals surface area contributed by atoms with Crippen molar-refractivity contribution in [2.75, 3.05) is 5.32 Å². The van der Waals surface area contributed by atoms with Gasteiger partial charge in [-0.1, -0.05) is 41.9 Å². The maximum atomic E-state index is 10.2. The molecule has 0 aliphatic heterocycles. The molecule has 3 rings (SSSR count). The van der Waals surface area contributed by atoms with Gasteiger partial charge in [-0.3, -0.25) is 0 Å². The fraction of sp³-hybridized carbons (Fsp3) is 0.188. The van der Waals surface area contributed by atoms with Crippen LogP contribution in [0.15, 0.2) is 42.5 Å². The molecule has 20 heavy (non-hydrogen) atoms. The first kappa shape index (κ1) is 13.0. The molecule has 4 heteroatoms. The molecular weight excluding hydrogens is 272 g/mol. The average molecular weight is 285 g/mol. The Hall–Kier alpha value is -2.02. The van der Waals surface area contributed by atoms with Gasteiger partial charge in [0.05, 0.1) is 28.4 Å². The highest BCUT2D eigenvalue weighted by Gasteiger charge is 2.31. The number of rotatable bonds is 2. The molecule has 0 spiro atoms. The number of fused-ring (bicyclic) bond motifs is 1. The Kier molecular flexibility index (Phi) is 3.35. The van der Waals surface area contributed by atoms with Gasteiger partial charge in [-0.15, -0.1) is 0 Å². The molecular formula is C16H13ClN2O. The van der Waals surface area contributed by atoms with E-state index < -0.39 is 6.10 Å². The second-order valence-electron chi connectivity index (χ2n) is 4.87. The molecule has 2 atom stereocenters. The molecule has 0 unspecified atom stereocenters. The van der Waals surface area contributed by atoms with Gasteiger partial charge in [-0.25, -0.2) is 0 Å². The van der Waals surface area contributed by atoms with Gasteiger partial charge in [-0.2, -0.15) is 5.26 Å². The number of halogens is 1. The van der Waals surface area contributed by atoms with Gasteiger partial charge in [0.2, 0.25) is 0 Å². The third kappa shape index (κ3) is 2.14. The van der Waals surface area contributed by atoms with E-state index in [2.05, 4.69) is 11.4 Å². The second-order valence-corrected chi connectivity index (χ2v) is 5.27.